The van der Waals surface area contributed by atoms with Crippen molar-refractivity contribution in [3.63, 3.8) is 0 Å². The Morgan fingerprint density at radius 2 is 1.89 bits per heavy atom. The molecule has 0 N–H and O–H groups in total. The van der Waals surface area contributed by atoms with E-state index in [9.17, 15) is 18.0 Å². The molecular formula is C20H20ClNO5S. The summed E-state index contributed by atoms with van der Waals surface area (Å²) >= 11 is 5.90. The summed E-state index contributed by atoms with van der Waals surface area (Å²) in [6.45, 7) is 3.44. The lowest BCUT2D eigenvalue weighted by Gasteiger charge is -2.26. The molecule has 0 fully saturated rings. The third kappa shape index (κ3) is 3.91. The van der Waals surface area contributed by atoms with Crippen molar-refractivity contribution in [3.05, 3.63) is 58.6 Å². The fourth-order valence-electron chi connectivity index (χ4n) is 3.29. The molecule has 1 aliphatic heterocycles. The maximum Gasteiger partial charge on any atom is 0.338 e. The zero-order valence-corrected chi connectivity index (χ0v) is 17.3. The van der Waals surface area contributed by atoms with Crippen LogP contribution in [0, 0.1) is 0 Å². The molecule has 0 aromatic heterocycles. The van der Waals surface area contributed by atoms with E-state index in [0.29, 0.717) is 0 Å². The number of carbonyl (C=O) groups is 2. The molecule has 3 rings (SSSR count). The number of hydrogen-bond donors (Lipinski definition) is 0. The van der Waals surface area contributed by atoms with Gasteiger partial charge in [0.15, 0.2) is 15.9 Å². The van der Waals surface area contributed by atoms with Gasteiger partial charge in [0.25, 0.3) is 5.91 Å². The highest BCUT2D eigenvalue weighted by Gasteiger charge is 2.34. The van der Waals surface area contributed by atoms with Gasteiger partial charge in [-0.15, -0.1) is 0 Å². The number of anilines is 1. The average Bonchev–Trinajstić information content (AvgIpc) is 2.95. The Balaban J connectivity index is 1.79. The van der Waals surface area contributed by atoms with Gasteiger partial charge in [-0.3, -0.25) is 4.79 Å². The van der Waals surface area contributed by atoms with Crippen molar-refractivity contribution in [2.75, 3.05) is 11.2 Å². The molecule has 2 atom stereocenters. The second kappa shape index (κ2) is 7.56. The van der Waals surface area contributed by atoms with E-state index in [1.807, 2.05) is 31.2 Å². The van der Waals surface area contributed by atoms with Gasteiger partial charge in [-0.25, -0.2) is 13.2 Å². The first kappa shape index (κ1) is 20.4. The summed E-state index contributed by atoms with van der Waals surface area (Å²) in [4.78, 5) is 26.8. The zero-order chi connectivity index (χ0) is 20.6. The second-order valence-corrected chi connectivity index (χ2v) is 9.25. The number of esters is 1. The topological polar surface area (TPSA) is 80.8 Å². The lowest BCUT2D eigenvalue weighted by molar-refractivity contribution is -0.126. The van der Waals surface area contributed by atoms with Crippen molar-refractivity contribution in [2.45, 2.75) is 37.3 Å². The van der Waals surface area contributed by atoms with Crippen molar-refractivity contribution in [1.29, 1.82) is 0 Å². The minimum Gasteiger partial charge on any atom is -0.449 e. The molecule has 0 saturated heterocycles. The maximum atomic E-state index is 12.9. The summed E-state index contributed by atoms with van der Waals surface area (Å²) in [6.07, 6.45) is 0.706. The molecule has 8 heteroatoms. The highest BCUT2D eigenvalue weighted by Crippen LogP contribution is 2.32. The lowest BCUT2D eigenvalue weighted by Crippen LogP contribution is -2.43. The van der Waals surface area contributed by atoms with Gasteiger partial charge < -0.3 is 9.64 Å². The second-order valence-electron chi connectivity index (χ2n) is 6.86. The summed E-state index contributed by atoms with van der Waals surface area (Å²) in [5.74, 6) is -1.12. The summed E-state index contributed by atoms with van der Waals surface area (Å²) in [5, 5.41) is 0.0191. The molecule has 0 spiro atoms. The molecule has 1 heterocycles. The van der Waals surface area contributed by atoms with Crippen LogP contribution in [0.2, 0.25) is 5.02 Å². The van der Waals surface area contributed by atoms with Crippen molar-refractivity contribution in [1.82, 2.24) is 0 Å². The molecule has 0 unspecified atom stereocenters. The first-order valence-electron chi connectivity index (χ1n) is 8.71. The molecule has 0 aliphatic carbocycles. The number of rotatable bonds is 4. The maximum absolute atomic E-state index is 12.9. The molecule has 148 valence electrons. The highest BCUT2D eigenvalue weighted by molar-refractivity contribution is 7.90. The third-order valence-corrected chi connectivity index (χ3v) is 6.22. The van der Waals surface area contributed by atoms with Crippen molar-refractivity contribution in [3.8, 4) is 0 Å². The third-order valence-electron chi connectivity index (χ3n) is 4.64. The zero-order valence-electron chi connectivity index (χ0n) is 15.7. The minimum absolute atomic E-state index is 0.0133. The van der Waals surface area contributed by atoms with Gasteiger partial charge >= 0.3 is 5.97 Å². The van der Waals surface area contributed by atoms with E-state index in [4.69, 9.17) is 16.3 Å². The van der Waals surface area contributed by atoms with E-state index in [1.54, 1.807) is 4.90 Å². The largest absolute Gasteiger partial charge is 0.449 e. The van der Waals surface area contributed by atoms with Crippen LogP contribution in [0.25, 0.3) is 0 Å². The first-order chi connectivity index (χ1) is 13.1. The van der Waals surface area contributed by atoms with E-state index in [1.165, 1.54) is 19.1 Å². The van der Waals surface area contributed by atoms with E-state index in [-0.39, 0.29) is 27.4 Å². The molecule has 1 aliphatic rings. The van der Waals surface area contributed by atoms with Crippen LogP contribution in [0.15, 0.2) is 47.4 Å². The summed E-state index contributed by atoms with van der Waals surface area (Å²) in [6, 6.07) is 11.4. The predicted molar refractivity (Wildman–Crippen MR) is 107 cm³/mol. The number of benzene rings is 2. The lowest BCUT2D eigenvalue weighted by atomic mass is 10.1. The van der Waals surface area contributed by atoms with Gasteiger partial charge in [0.1, 0.15) is 0 Å². The van der Waals surface area contributed by atoms with Gasteiger partial charge in [0, 0.05) is 18.0 Å². The summed E-state index contributed by atoms with van der Waals surface area (Å²) < 4.78 is 28.9. The van der Waals surface area contributed by atoms with Gasteiger partial charge in [-0.05, 0) is 50.1 Å². The van der Waals surface area contributed by atoms with Gasteiger partial charge in [0.2, 0.25) is 0 Å². The van der Waals surface area contributed by atoms with Gasteiger partial charge in [-0.1, -0.05) is 29.8 Å². The van der Waals surface area contributed by atoms with E-state index in [2.05, 4.69) is 0 Å². The van der Waals surface area contributed by atoms with E-state index >= 15 is 0 Å². The number of para-hydroxylation sites is 1. The van der Waals surface area contributed by atoms with Crippen LogP contribution in [0.3, 0.4) is 0 Å². The molecule has 1 amide bonds. The Bertz CT molecular complexity index is 1050. The molecule has 0 saturated carbocycles. The quantitative estimate of drug-likeness (QED) is 0.708. The standard InChI is InChI=1S/C20H20ClNO5S/c1-12-10-14-6-4-5-7-17(14)22(12)19(23)13(2)27-20(24)15-8-9-16(21)18(11-15)28(3,25)26/h4-9,11-13H,10H2,1-3H3/t12-,13+/m0/s1. The SMILES string of the molecule is C[C@@H](OC(=O)c1ccc(Cl)c(S(C)(=O)=O)c1)C(=O)N1c2ccccc2C[C@@H]1C. The Labute approximate surface area is 169 Å². The number of fused-ring (bicyclic) bond motifs is 1. The van der Waals surface area contributed by atoms with E-state index in [0.717, 1.165) is 30.0 Å². The smallest absolute Gasteiger partial charge is 0.338 e. The first-order valence-corrected chi connectivity index (χ1v) is 11.0. The Morgan fingerprint density at radius 3 is 2.57 bits per heavy atom. The monoisotopic (exact) mass is 421 g/mol. The average molecular weight is 422 g/mol. The summed E-state index contributed by atoms with van der Waals surface area (Å²) in [5.41, 5.74) is 1.89. The van der Waals surface area contributed by atoms with E-state index < -0.39 is 21.9 Å². The predicted octanol–water partition coefficient (Wildman–Crippen LogP) is 3.27. The fraction of sp³-hybridized carbons (Fsp3) is 0.300. The van der Waals surface area contributed by atoms with Gasteiger partial charge in [-0.2, -0.15) is 0 Å². The molecule has 2 aromatic rings. The van der Waals surface area contributed by atoms with Gasteiger partial charge in [0.05, 0.1) is 15.5 Å². The van der Waals surface area contributed by atoms with Crippen LogP contribution in [-0.4, -0.2) is 38.7 Å². The molecule has 0 radical (unpaired) electrons. The Morgan fingerprint density at radius 1 is 1.21 bits per heavy atom. The van der Waals surface area contributed by atoms with Crippen LogP contribution in [0.5, 0.6) is 0 Å². The Hall–Kier alpha value is -2.38. The van der Waals surface area contributed by atoms with Crippen LogP contribution < -0.4 is 4.90 Å². The molecule has 28 heavy (non-hydrogen) atoms. The number of hydrogen-bond acceptors (Lipinski definition) is 5. The minimum atomic E-state index is -3.60. The molecule has 0 bridgehead atoms. The number of amides is 1. The van der Waals surface area contributed by atoms with Crippen LogP contribution in [-0.2, 0) is 25.8 Å². The van der Waals surface area contributed by atoms with Crippen LogP contribution in [0.1, 0.15) is 29.8 Å². The number of sulfone groups is 1. The normalized spacial score (nSPS) is 17.1. The molecular weight excluding hydrogens is 402 g/mol. The van der Waals surface area contributed by atoms with Crippen molar-refractivity contribution < 1.29 is 22.7 Å². The number of halogens is 1. The van der Waals surface area contributed by atoms with Crippen molar-refractivity contribution >= 4 is 39.0 Å². The number of ether oxygens (including phenoxy) is 1. The fourth-order valence-corrected chi connectivity index (χ4v) is 4.59. The van der Waals surface area contributed by atoms with Crippen LogP contribution in [0.4, 0.5) is 5.69 Å². The Kier molecular flexibility index (Phi) is 5.50. The number of nitrogens with zero attached hydrogens (tertiary/aromatic N) is 1. The molecule has 2 aromatic carbocycles. The van der Waals surface area contributed by atoms with Crippen LogP contribution >= 0.6 is 11.6 Å². The number of carbonyl (C=O) groups excluding carboxylic acids is 2. The highest BCUT2D eigenvalue weighted by atomic mass is 35.5. The van der Waals surface area contributed by atoms with Crippen molar-refractivity contribution in [2.24, 2.45) is 0 Å². The molecule has 6 nitrogen and oxygen atoms in total. The summed E-state index contributed by atoms with van der Waals surface area (Å²) in [7, 11) is -3.60.